The second kappa shape index (κ2) is 7.54. The van der Waals surface area contributed by atoms with Crippen LogP contribution in [0.15, 0.2) is 12.1 Å². The summed E-state index contributed by atoms with van der Waals surface area (Å²) < 4.78 is 5.71. The Balaban J connectivity index is 2.49. The molecule has 0 spiro atoms. The number of nitriles is 1. The number of carbonyl (C=O) groups is 1. The Hall–Kier alpha value is -2.02. The van der Waals surface area contributed by atoms with Crippen molar-refractivity contribution in [3.05, 3.63) is 28.8 Å². The molecule has 0 bridgehead atoms. The van der Waals surface area contributed by atoms with Crippen LogP contribution in [0.1, 0.15) is 29.5 Å². The number of hydrogen-bond donors (Lipinski definition) is 0. The van der Waals surface area contributed by atoms with Crippen LogP contribution in [0.4, 0.5) is 0 Å². The molecule has 0 aliphatic rings. The van der Waals surface area contributed by atoms with Gasteiger partial charge in [0.05, 0.1) is 25.5 Å². The highest BCUT2D eigenvalue weighted by Crippen LogP contribution is 2.23. The summed E-state index contributed by atoms with van der Waals surface area (Å²) >= 11 is 0. The number of rotatable bonds is 6. The van der Waals surface area contributed by atoms with Crippen LogP contribution in [0.3, 0.4) is 0 Å². The molecule has 0 heterocycles. The van der Waals surface area contributed by atoms with Gasteiger partial charge in [0.15, 0.2) is 0 Å². The van der Waals surface area contributed by atoms with Gasteiger partial charge in [-0.2, -0.15) is 5.26 Å². The molecule has 0 N–H and O–H groups in total. The molecule has 0 aromatic heterocycles. The molecule has 20 heavy (non-hydrogen) atoms. The van der Waals surface area contributed by atoms with Crippen molar-refractivity contribution in [2.45, 2.75) is 33.6 Å². The Morgan fingerprint density at radius 2 is 2.05 bits per heavy atom. The molecule has 108 valence electrons. The average Bonchev–Trinajstić information content (AvgIpc) is 2.41. The van der Waals surface area contributed by atoms with Crippen molar-refractivity contribution in [1.29, 1.82) is 5.26 Å². The zero-order valence-electron chi connectivity index (χ0n) is 12.7. The van der Waals surface area contributed by atoms with E-state index < -0.39 is 0 Å². The van der Waals surface area contributed by atoms with Crippen molar-refractivity contribution in [2.24, 2.45) is 0 Å². The number of hydrogen-bond acceptors (Lipinski definition) is 3. The molecule has 0 saturated heterocycles. The van der Waals surface area contributed by atoms with Gasteiger partial charge in [0.25, 0.3) is 0 Å². The lowest BCUT2D eigenvalue weighted by Crippen LogP contribution is -2.28. The first-order chi connectivity index (χ1) is 9.45. The van der Waals surface area contributed by atoms with E-state index >= 15 is 0 Å². The molecule has 0 fully saturated rings. The molecule has 1 aromatic rings. The molecule has 0 aliphatic heterocycles. The van der Waals surface area contributed by atoms with Crippen LogP contribution in [0.25, 0.3) is 0 Å². The van der Waals surface area contributed by atoms with Gasteiger partial charge in [0, 0.05) is 13.6 Å². The zero-order chi connectivity index (χ0) is 15.1. The monoisotopic (exact) mass is 274 g/mol. The lowest BCUT2D eigenvalue weighted by atomic mass is 10.1. The predicted octanol–water partition coefficient (Wildman–Crippen LogP) is 2.75. The molecule has 0 unspecified atom stereocenters. The quantitative estimate of drug-likeness (QED) is 0.801. The summed E-state index contributed by atoms with van der Waals surface area (Å²) in [5, 5.41) is 8.49. The van der Waals surface area contributed by atoms with Crippen LogP contribution in [-0.4, -0.2) is 31.0 Å². The second-order valence-corrected chi connectivity index (χ2v) is 5.03. The number of benzene rings is 1. The molecular formula is C16H22N2O2. The van der Waals surface area contributed by atoms with E-state index in [9.17, 15) is 4.79 Å². The zero-order valence-corrected chi connectivity index (χ0v) is 12.7. The minimum absolute atomic E-state index is 0.00211. The Labute approximate surface area is 121 Å². The lowest BCUT2D eigenvalue weighted by molar-refractivity contribution is -0.130. The van der Waals surface area contributed by atoms with Gasteiger partial charge in [-0.05, 0) is 43.5 Å². The van der Waals surface area contributed by atoms with E-state index in [0.29, 0.717) is 26.0 Å². The molecule has 0 radical (unpaired) electrons. The first-order valence-electron chi connectivity index (χ1n) is 6.77. The van der Waals surface area contributed by atoms with Crippen molar-refractivity contribution in [3.63, 3.8) is 0 Å². The highest BCUT2D eigenvalue weighted by atomic mass is 16.5. The lowest BCUT2D eigenvalue weighted by Gasteiger charge is -2.16. The van der Waals surface area contributed by atoms with E-state index in [0.717, 1.165) is 16.9 Å². The van der Waals surface area contributed by atoms with E-state index in [4.69, 9.17) is 10.00 Å². The van der Waals surface area contributed by atoms with E-state index in [1.54, 1.807) is 11.9 Å². The van der Waals surface area contributed by atoms with Crippen LogP contribution in [0.5, 0.6) is 5.75 Å². The van der Waals surface area contributed by atoms with Gasteiger partial charge < -0.3 is 9.64 Å². The summed E-state index contributed by atoms with van der Waals surface area (Å²) in [6, 6.07) is 6.14. The van der Waals surface area contributed by atoms with Crippen molar-refractivity contribution in [3.8, 4) is 11.8 Å². The fourth-order valence-electron chi connectivity index (χ4n) is 1.93. The highest BCUT2D eigenvalue weighted by molar-refractivity contribution is 5.76. The molecule has 0 aliphatic carbocycles. The SMILES string of the molecule is Cc1cc(C)c(C)c(OCCC(=O)N(C)CCC#N)c1. The molecular weight excluding hydrogens is 252 g/mol. The summed E-state index contributed by atoms with van der Waals surface area (Å²) in [4.78, 5) is 13.4. The van der Waals surface area contributed by atoms with Gasteiger partial charge in [-0.25, -0.2) is 0 Å². The van der Waals surface area contributed by atoms with Crippen molar-refractivity contribution >= 4 is 5.91 Å². The summed E-state index contributed by atoms with van der Waals surface area (Å²) in [5.41, 5.74) is 3.46. The van der Waals surface area contributed by atoms with Crippen molar-refractivity contribution in [1.82, 2.24) is 4.90 Å². The van der Waals surface area contributed by atoms with Crippen LogP contribution < -0.4 is 4.74 Å². The third kappa shape index (κ3) is 4.58. The molecule has 4 nitrogen and oxygen atoms in total. The Kier molecular flexibility index (Phi) is 6.05. The highest BCUT2D eigenvalue weighted by Gasteiger charge is 2.09. The standard InChI is InChI=1S/C16H22N2O2/c1-12-10-13(2)14(3)15(11-12)20-9-6-16(19)18(4)8-5-7-17/h10-11H,5-6,8-9H2,1-4H3. The number of carbonyl (C=O) groups excluding carboxylic acids is 1. The largest absolute Gasteiger partial charge is 0.493 e. The van der Waals surface area contributed by atoms with E-state index in [2.05, 4.69) is 13.0 Å². The molecule has 1 rings (SSSR count). The summed E-state index contributed by atoms with van der Waals surface area (Å²) in [6.07, 6.45) is 0.688. The molecule has 1 amide bonds. The first-order valence-corrected chi connectivity index (χ1v) is 6.77. The average molecular weight is 274 g/mol. The molecule has 4 heteroatoms. The minimum atomic E-state index is 0.00211. The maximum Gasteiger partial charge on any atom is 0.225 e. The summed E-state index contributed by atoms with van der Waals surface area (Å²) in [7, 11) is 1.71. The topological polar surface area (TPSA) is 53.3 Å². The minimum Gasteiger partial charge on any atom is -0.493 e. The summed E-state index contributed by atoms with van der Waals surface area (Å²) in [5.74, 6) is 0.845. The van der Waals surface area contributed by atoms with Gasteiger partial charge in [0.2, 0.25) is 5.91 Å². The van der Waals surface area contributed by atoms with Crippen molar-refractivity contribution in [2.75, 3.05) is 20.2 Å². The van der Waals surface area contributed by atoms with Gasteiger partial charge >= 0.3 is 0 Å². The second-order valence-electron chi connectivity index (χ2n) is 5.03. The van der Waals surface area contributed by atoms with E-state index in [1.165, 1.54) is 5.56 Å². The Morgan fingerprint density at radius 3 is 2.70 bits per heavy atom. The molecule has 0 saturated carbocycles. The fourth-order valence-corrected chi connectivity index (χ4v) is 1.93. The third-order valence-electron chi connectivity index (χ3n) is 3.32. The number of aryl methyl sites for hydroxylation is 2. The first kappa shape index (κ1) is 16.0. The van der Waals surface area contributed by atoms with Crippen molar-refractivity contribution < 1.29 is 9.53 Å². The third-order valence-corrected chi connectivity index (χ3v) is 3.32. The fraction of sp³-hybridized carbons (Fsp3) is 0.500. The normalized spacial score (nSPS) is 9.95. The van der Waals surface area contributed by atoms with E-state index in [1.807, 2.05) is 26.0 Å². The number of ether oxygens (including phenoxy) is 1. The molecule has 1 aromatic carbocycles. The maximum absolute atomic E-state index is 11.8. The van der Waals surface area contributed by atoms with Gasteiger partial charge in [-0.1, -0.05) is 6.07 Å². The summed E-state index contributed by atoms with van der Waals surface area (Å²) in [6.45, 7) is 6.93. The maximum atomic E-state index is 11.8. The van der Waals surface area contributed by atoms with Crippen LogP contribution in [0, 0.1) is 32.1 Å². The van der Waals surface area contributed by atoms with Gasteiger partial charge in [-0.15, -0.1) is 0 Å². The van der Waals surface area contributed by atoms with Crippen LogP contribution >= 0.6 is 0 Å². The van der Waals surface area contributed by atoms with Gasteiger partial charge in [-0.3, -0.25) is 4.79 Å². The number of amides is 1. The van der Waals surface area contributed by atoms with Crippen LogP contribution in [-0.2, 0) is 4.79 Å². The number of nitrogens with zero attached hydrogens (tertiary/aromatic N) is 2. The van der Waals surface area contributed by atoms with E-state index in [-0.39, 0.29) is 5.91 Å². The van der Waals surface area contributed by atoms with Gasteiger partial charge in [0.1, 0.15) is 5.75 Å². The Morgan fingerprint density at radius 1 is 1.35 bits per heavy atom. The smallest absolute Gasteiger partial charge is 0.225 e. The Bertz CT molecular complexity index is 518. The predicted molar refractivity (Wildman–Crippen MR) is 78.6 cm³/mol. The molecule has 0 atom stereocenters. The van der Waals surface area contributed by atoms with Crippen LogP contribution in [0.2, 0.25) is 0 Å².